The normalized spacial score (nSPS) is 20.4. The van der Waals surface area contributed by atoms with Crippen LogP contribution in [-0.4, -0.2) is 36.5 Å². The second kappa shape index (κ2) is 5.27. The molecule has 92 valence electrons. The molecule has 1 fully saturated rings. The summed E-state index contributed by atoms with van der Waals surface area (Å²) in [6.45, 7) is 3.85. The highest BCUT2D eigenvalue weighted by Gasteiger charge is 2.20. The lowest BCUT2D eigenvalue weighted by molar-refractivity contribution is -0.130. The van der Waals surface area contributed by atoms with Gasteiger partial charge in [-0.3, -0.25) is 4.79 Å². The topological polar surface area (TPSA) is 32.3 Å². The van der Waals surface area contributed by atoms with Crippen LogP contribution >= 0.6 is 0 Å². The molecular weight excluding hydrogens is 219 g/mol. The minimum atomic E-state index is -0.207. The third kappa shape index (κ3) is 3.27. The molecule has 0 radical (unpaired) electrons. The quantitative estimate of drug-likeness (QED) is 0.836. The summed E-state index contributed by atoms with van der Waals surface area (Å²) in [5.74, 6) is -0.0996. The Kier molecular flexibility index (Phi) is 3.74. The summed E-state index contributed by atoms with van der Waals surface area (Å²) >= 11 is 0. The Balaban J connectivity index is 1.97. The predicted molar refractivity (Wildman–Crippen MR) is 64.1 cm³/mol. The second-order valence-electron chi connectivity index (χ2n) is 4.45. The monoisotopic (exact) mass is 236 g/mol. The smallest absolute Gasteiger partial charge is 0.219 e. The van der Waals surface area contributed by atoms with Gasteiger partial charge in [0.05, 0.1) is 0 Å². The molecule has 1 aromatic rings. The highest BCUT2D eigenvalue weighted by Crippen LogP contribution is 2.09. The van der Waals surface area contributed by atoms with Gasteiger partial charge >= 0.3 is 0 Å². The van der Waals surface area contributed by atoms with Crippen LogP contribution in [0.15, 0.2) is 24.3 Å². The van der Waals surface area contributed by atoms with Crippen LogP contribution in [0.25, 0.3) is 0 Å². The molecule has 1 aliphatic heterocycles. The van der Waals surface area contributed by atoms with Gasteiger partial charge in [-0.05, 0) is 24.1 Å². The summed E-state index contributed by atoms with van der Waals surface area (Å²) in [7, 11) is 0. The molecule has 0 bridgehead atoms. The van der Waals surface area contributed by atoms with Crippen molar-refractivity contribution in [3.63, 3.8) is 0 Å². The minimum absolute atomic E-state index is 0.107. The molecule has 1 heterocycles. The van der Waals surface area contributed by atoms with Gasteiger partial charge in [0.2, 0.25) is 5.91 Å². The summed E-state index contributed by atoms with van der Waals surface area (Å²) in [5, 5.41) is 3.36. The van der Waals surface area contributed by atoms with Crippen LogP contribution in [0.5, 0.6) is 0 Å². The number of rotatable bonds is 2. The molecule has 0 spiro atoms. The van der Waals surface area contributed by atoms with Gasteiger partial charge < -0.3 is 10.2 Å². The van der Waals surface area contributed by atoms with Crippen molar-refractivity contribution in [2.75, 3.05) is 19.6 Å². The van der Waals surface area contributed by atoms with E-state index < -0.39 is 0 Å². The van der Waals surface area contributed by atoms with Crippen molar-refractivity contribution in [1.29, 1.82) is 0 Å². The molecule has 1 N–H and O–H groups in total. The van der Waals surface area contributed by atoms with E-state index in [0.717, 1.165) is 25.1 Å². The standard InChI is InChI=1S/C13H17FN2O/c1-10(17)16-6-5-15-13(9-16)8-11-3-2-4-12(14)7-11/h2-4,7,13,15H,5-6,8-9H2,1H3. The molecule has 2 rings (SSSR count). The van der Waals surface area contributed by atoms with Crippen molar-refractivity contribution in [1.82, 2.24) is 10.2 Å². The van der Waals surface area contributed by atoms with E-state index in [0.29, 0.717) is 6.54 Å². The van der Waals surface area contributed by atoms with E-state index >= 15 is 0 Å². The molecule has 3 nitrogen and oxygen atoms in total. The van der Waals surface area contributed by atoms with Crippen molar-refractivity contribution in [3.8, 4) is 0 Å². The first-order valence-electron chi connectivity index (χ1n) is 5.88. The number of halogens is 1. The minimum Gasteiger partial charge on any atom is -0.340 e. The number of hydrogen-bond donors (Lipinski definition) is 1. The highest BCUT2D eigenvalue weighted by atomic mass is 19.1. The van der Waals surface area contributed by atoms with Crippen LogP contribution in [-0.2, 0) is 11.2 Å². The molecule has 0 aliphatic carbocycles. The highest BCUT2D eigenvalue weighted by molar-refractivity contribution is 5.73. The van der Waals surface area contributed by atoms with Crippen LogP contribution in [0.1, 0.15) is 12.5 Å². The SMILES string of the molecule is CC(=O)N1CCNC(Cc2cccc(F)c2)C1. The van der Waals surface area contributed by atoms with Crippen LogP contribution in [0.4, 0.5) is 4.39 Å². The van der Waals surface area contributed by atoms with Gasteiger partial charge in [-0.15, -0.1) is 0 Å². The first kappa shape index (κ1) is 12.0. The lowest BCUT2D eigenvalue weighted by Crippen LogP contribution is -2.52. The fourth-order valence-corrected chi connectivity index (χ4v) is 2.20. The summed E-state index contributed by atoms with van der Waals surface area (Å²) < 4.78 is 13.0. The zero-order chi connectivity index (χ0) is 12.3. The first-order chi connectivity index (χ1) is 8.15. The van der Waals surface area contributed by atoms with Gasteiger partial charge in [0.15, 0.2) is 0 Å². The van der Waals surface area contributed by atoms with E-state index in [-0.39, 0.29) is 17.8 Å². The number of carbonyl (C=O) groups excluding carboxylic acids is 1. The molecule has 1 aliphatic rings. The number of benzene rings is 1. The average molecular weight is 236 g/mol. The van der Waals surface area contributed by atoms with Crippen LogP contribution in [0.2, 0.25) is 0 Å². The third-order valence-corrected chi connectivity index (χ3v) is 3.07. The zero-order valence-electron chi connectivity index (χ0n) is 9.95. The summed E-state index contributed by atoms with van der Waals surface area (Å²) in [4.78, 5) is 13.1. The molecule has 1 aromatic carbocycles. The number of hydrogen-bond acceptors (Lipinski definition) is 2. The Hall–Kier alpha value is -1.42. The Morgan fingerprint density at radius 3 is 3.12 bits per heavy atom. The molecule has 0 aromatic heterocycles. The molecular formula is C13H17FN2O. The van der Waals surface area contributed by atoms with Gasteiger partial charge in [-0.25, -0.2) is 4.39 Å². The molecule has 1 saturated heterocycles. The predicted octanol–water partition coefficient (Wildman–Crippen LogP) is 1.19. The fraction of sp³-hybridized carbons (Fsp3) is 0.462. The lowest BCUT2D eigenvalue weighted by Gasteiger charge is -2.33. The molecule has 1 atom stereocenters. The molecule has 17 heavy (non-hydrogen) atoms. The number of amides is 1. The van der Waals surface area contributed by atoms with Crippen molar-refractivity contribution >= 4 is 5.91 Å². The van der Waals surface area contributed by atoms with Crippen molar-refractivity contribution in [2.24, 2.45) is 0 Å². The molecule has 1 unspecified atom stereocenters. The molecule has 0 saturated carbocycles. The Morgan fingerprint density at radius 1 is 1.59 bits per heavy atom. The number of nitrogens with zero attached hydrogens (tertiary/aromatic N) is 1. The molecule has 4 heteroatoms. The molecule has 1 amide bonds. The number of nitrogens with one attached hydrogen (secondary N) is 1. The lowest BCUT2D eigenvalue weighted by atomic mass is 10.0. The van der Waals surface area contributed by atoms with E-state index in [1.807, 2.05) is 11.0 Å². The maximum absolute atomic E-state index is 13.0. The van der Waals surface area contributed by atoms with Gasteiger partial charge in [0, 0.05) is 32.6 Å². The van der Waals surface area contributed by atoms with E-state index in [9.17, 15) is 9.18 Å². The third-order valence-electron chi connectivity index (χ3n) is 3.07. The van der Waals surface area contributed by atoms with Gasteiger partial charge in [0.25, 0.3) is 0 Å². The Labute approximate surface area is 101 Å². The summed E-state index contributed by atoms with van der Waals surface area (Å²) in [5.41, 5.74) is 0.966. The second-order valence-corrected chi connectivity index (χ2v) is 4.45. The zero-order valence-corrected chi connectivity index (χ0v) is 9.95. The van der Waals surface area contributed by atoms with Crippen molar-refractivity contribution in [3.05, 3.63) is 35.6 Å². The maximum Gasteiger partial charge on any atom is 0.219 e. The van der Waals surface area contributed by atoms with E-state index in [2.05, 4.69) is 5.32 Å². The van der Waals surface area contributed by atoms with Gasteiger partial charge in [-0.2, -0.15) is 0 Å². The van der Waals surface area contributed by atoms with Crippen LogP contribution < -0.4 is 5.32 Å². The number of piperazine rings is 1. The van der Waals surface area contributed by atoms with Gasteiger partial charge in [-0.1, -0.05) is 12.1 Å². The average Bonchev–Trinajstić information content (AvgIpc) is 2.29. The van der Waals surface area contributed by atoms with E-state index in [1.165, 1.54) is 6.07 Å². The van der Waals surface area contributed by atoms with Crippen molar-refractivity contribution < 1.29 is 9.18 Å². The fourth-order valence-electron chi connectivity index (χ4n) is 2.20. The van der Waals surface area contributed by atoms with Crippen LogP contribution in [0.3, 0.4) is 0 Å². The van der Waals surface area contributed by atoms with E-state index in [4.69, 9.17) is 0 Å². The van der Waals surface area contributed by atoms with Gasteiger partial charge in [0.1, 0.15) is 5.82 Å². The van der Waals surface area contributed by atoms with E-state index in [1.54, 1.807) is 19.1 Å². The van der Waals surface area contributed by atoms with Crippen LogP contribution in [0, 0.1) is 5.82 Å². The first-order valence-corrected chi connectivity index (χ1v) is 5.88. The largest absolute Gasteiger partial charge is 0.340 e. The summed E-state index contributed by atoms with van der Waals surface area (Å²) in [6, 6.07) is 6.84. The number of carbonyl (C=O) groups is 1. The van der Waals surface area contributed by atoms with Crippen molar-refractivity contribution in [2.45, 2.75) is 19.4 Å². The Morgan fingerprint density at radius 2 is 2.41 bits per heavy atom. The Bertz CT molecular complexity index is 408. The summed E-state index contributed by atoms with van der Waals surface area (Å²) in [6.07, 6.45) is 0.752. The maximum atomic E-state index is 13.0.